The quantitative estimate of drug-likeness (QED) is 0.153. The van der Waals surface area contributed by atoms with E-state index in [2.05, 4.69) is 223 Å². The normalized spacial score (nSPS) is 11.5. The molecule has 0 radical (unpaired) electrons. The molecule has 0 spiro atoms. The highest BCUT2D eigenvalue weighted by Crippen LogP contribution is 2.44. The summed E-state index contributed by atoms with van der Waals surface area (Å²) in [6.07, 6.45) is 0. The first-order chi connectivity index (χ1) is 33.7. The maximum absolute atomic E-state index is 6.79. The monoisotopic (exact) mass is 868 g/mol. The van der Waals surface area contributed by atoms with Crippen LogP contribution in [0.2, 0.25) is 0 Å². The largest absolute Gasteiger partial charge is 0.456 e. The fraction of sp³-hybridized carbons (Fsp3) is 0. The number of benzene rings is 10. The van der Waals surface area contributed by atoms with Crippen molar-refractivity contribution in [3.05, 3.63) is 243 Å². The van der Waals surface area contributed by atoms with Gasteiger partial charge in [-0.3, -0.25) is 0 Å². The molecule has 68 heavy (non-hydrogen) atoms. The molecular weight excluding hydrogens is 829 g/mol. The van der Waals surface area contributed by atoms with Gasteiger partial charge in [-0.2, -0.15) is 0 Å². The Kier molecular flexibility index (Phi) is 9.43. The minimum Gasteiger partial charge on any atom is -0.456 e. The van der Waals surface area contributed by atoms with Gasteiger partial charge in [-0.05, 0) is 87.0 Å². The number of aromatic nitrogens is 4. The van der Waals surface area contributed by atoms with Gasteiger partial charge in [-0.25, -0.2) is 15.0 Å². The van der Waals surface area contributed by atoms with E-state index < -0.39 is 0 Å². The number of fused-ring (bicyclic) bond motifs is 7. The summed E-state index contributed by atoms with van der Waals surface area (Å²) in [6, 6.07) is 85.1. The lowest BCUT2D eigenvalue weighted by atomic mass is 9.99. The van der Waals surface area contributed by atoms with E-state index >= 15 is 0 Å². The van der Waals surface area contributed by atoms with E-state index in [0.717, 1.165) is 88.6 Å². The molecule has 13 rings (SSSR count). The lowest BCUT2D eigenvalue weighted by molar-refractivity contribution is 0.669. The molecule has 0 amide bonds. The van der Waals surface area contributed by atoms with Crippen molar-refractivity contribution in [2.75, 3.05) is 0 Å². The number of para-hydroxylation sites is 1. The van der Waals surface area contributed by atoms with Crippen LogP contribution in [-0.4, -0.2) is 19.5 Å². The second-order valence-corrected chi connectivity index (χ2v) is 17.2. The van der Waals surface area contributed by atoms with Crippen LogP contribution in [0.25, 0.3) is 128 Å². The number of furan rings is 1. The van der Waals surface area contributed by atoms with Crippen LogP contribution in [0.4, 0.5) is 0 Å². The average molecular weight is 869 g/mol. The number of hydrogen-bond donors (Lipinski definition) is 0. The second kappa shape index (κ2) is 16.4. The summed E-state index contributed by atoms with van der Waals surface area (Å²) in [7, 11) is 0. The van der Waals surface area contributed by atoms with Crippen LogP contribution in [0.3, 0.4) is 0 Å². The fourth-order valence-corrected chi connectivity index (χ4v) is 9.76. The maximum Gasteiger partial charge on any atom is 0.164 e. The summed E-state index contributed by atoms with van der Waals surface area (Å²) in [5.41, 5.74) is 16.7. The van der Waals surface area contributed by atoms with Crippen LogP contribution in [0.15, 0.2) is 247 Å². The summed E-state index contributed by atoms with van der Waals surface area (Å²) in [5.74, 6) is 1.75. The molecule has 5 heteroatoms. The van der Waals surface area contributed by atoms with Gasteiger partial charge >= 0.3 is 0 Å². The zero-order valence-corrected chi connectivity index (χ0v) is 36.8. The Morgan fingerprint density at radius 1 is 0.294 bits per heavy atom. The topological polar surface area (TPSA) is 56.7 Å². The third kappa shape index (κ3) is 6.84. The summed E-state index contributed by atoms with van der Waals surface area (Å²) in [5, 5.41) is 4.26. The third-order valence-electron chi connectivity index (χ3n) is 13.1. The fourth-order valence-electron chi connectivity index (χ4n) is 9.76. The molecule has 0 bridgehead atoms. The molecule has 0 unspecified atom stereocenters. The van der Waals surface area contributed by atoms with Crippen molar-refractivity contribution < 1.29 is 4.42 Å². The Hall–Kier alpha value is -9.19. The molecule has 13 aromatic rings. The number of rotatable bonds is 8. The molecule has 0 aliphatic rings. The van der Waals surface area contributed by atoms with Crippen LogP contribution in [-0.2, 0) is 0 Å². The Balaban J connectivity index is 0.994. The van der Waals surface area contributed by atoms with Crippen molar-refractivity contribution in [3.8, 4) is 84.4 Å². The Morgan fingerprint density at radius 3 is 1.34 bits per heavy atom. The van der Waals surface area contributed by atoms with Crippen molar-refractivity contribution in [1.29, 1.82) is 0 Å². The highest BCUT2D eigenvalue weighted by atomic mass is 16.3. The van der Waals surface area contributed by atoms with E-state index in [9.17, 15) is 0 Å². The van der Waals surface area contributed by atoms with Gasteiger partial charge in [0.2, 0.25) is 0 Å². The van der Waals surface area contributed by atoms with Crippen LogP contribution in [0, 0.1) is 0 Å². The Bertz CT molecular complexity index is 3870. The van der Waals surface area contributed by atoms with E-state index in [1.165, 1.54) is 22.1 Å². The van der Waals surface area contributed by atoms with Gasteiger partial charge in [0, 0.05) is 38.5 Å². The first kappa shape index (κ1) is 39.2. The van der Waals surface area contributed by atoms with Crippen LogP contribution in [0.1, 0.15) is 0 Å². The molecule has 0 N–H and O–H groups in total. The molecule has 10 aromatic carbocycles. The Labute approximate surface area is 392 Å². The van der Waals surface area contributed by atoms with Gasteiger partial charge in [0.25, 0.3) is 0 Å². The van der Waals surface area contributed by atoms with Crippen molar-refractivity contribution in [2.45, 2.75) is 0 Å². The standard InChI is InChI=1S/C63H40N4O/c1-4-14-41(15-5-1)44-26-30-47(31-27-44)61-64-62(48-32-28-45(29-33-48)42-16-6-2-7-17-42)66-63(65-61)54-23-13-25-56-58(54)59-57(68-56)39-38-53-52-22-10-11-24-55(52)67(60(53)59)51-36-34-46(35-37-51)50-21-12-20-49(40-50)43-18-8-3-9-19-43/h1-40H. The second-order valence-electron chi connectivity index (χ2n) is 17.2. The molecule has 318 valence electrons. The highest BCUT2D eigenvalue weighted by molar-refractivity contribution is 6.26. The third-order valence-corrected chi connectivity index (χ3v) is 13.1. The van der Waals surface area contributed by atoms with Gasteiger partial charge in [0.1, 0.15) is 11.2 Å². The summed E-state index contributed by atoms with van der Waals surface area (Å²) in [4.78, 5) is 15.8. The summed E-state index contributed by atoms with van der Waals surface area (Å²) in [6.45, 7) is 0. The van der Waals surface area contributed by atoms with E-state index in [1.54, 1.807) is 0 Å². The zero-order chi connectivity index (χ0) is 45.0. The van der Waals surface area contributed by atoms with E-state index in [-0.39, 0.29) is 0 Å². The van der Waals surface area contributed by atoms with Crippen molar-refractivity contribution in [2.24, 2.45) is 0 Å². The number of hydrogen-bond acceptors (Lipinski definition) is 4. The maximum atomic E-state index is 6.79. The molecule has 0 aliphatic heterocycles. The molecule has 0 saturated heterocycles. The van der Waals surface area contributed by atoms with Crippen LogP contribution < -0.4 is 0 Å². The predicted octanol–water partition coefficient (Wildman–Crippen LogP) is 16.5. The predicted molar refractivity (Wildman–Crippen MR) is 279 cm³/mol. The Morgan fingerprint density at radius 2 is 0.735 bits per heavy atom. The minimum atomic E-state index is 0.569. The molecular formula is C63H40N4O. The van der Waals surface area contributed by atoms with E-state index in [4.69, 9.17) is 19.4 Å². The van der Waals surface area contributed by atoms with Gasteiger partial charge in [0.15, 0.2) is 17.5 Å². The molecule has 0 fully saturated rings. The van der Waals surface area contributed by atoms with Crippen molar-refractivity contribution in [1.82, 2.24) is 19.5 Å². The van der Waals surface area contributed by atoms with Crippen molar-refractivity contribution >= 4 is 43.7 Å². The molecule has 0 saturated carbocycles. The van der Waals surface area contributed by atoms with Gasteiger partial charge in [0.05, 0.1) is 16.4 Å². The number of nitrogens with zero attached hydrogens (tertiary/aromatic N) is 4. The van der Waals surface area contributed by atoms with Gasteiger partial charge in [-0.15, -0.1) is 0 Å². The van der Waals surface area contributed by atoms with Crippen LogP contribution >= 0.6 is 0 Å². The van der Waals surface area contributed by atoms with E-state index in [1.807, 2.05) is 24.3 Å². The lowest BCUT2D eigenvalue weighted by Crippen LogP contribution is -2.00. The zero-order valence-electron chi connectivity index (χ0n) is 36.8. The first-order valence-electron chi connectivity index (χ1n) is 22.9. The smallest absolute Gasteiger partial charge is 0.164 e. The minimum absolute atomic E-state index is 0.569. The first-order valence-corrected chi connectivity index (χ1v) is 22.9. The van der Waals surface area contributed by atoms with Crippen molar-refractivity contribution in [3.63, 3.8) is 0 Å². The summed E-state index contributed by atoms with van der Waals surface area (Å²) < 4.78 is 9.17. The van der Waals surface area contributed by atoms with E-state index in [0.29, 0.717) is 17.5 Å². The molecule has 0 atom stereocenters. The molecule has 5 nitrogen and oxygen atoms in total. The van der Waals surface area contributed by atoms with Gasteiger partial charge < -0.3 is 8.98 Å². The lowest BCUT2D eigenvalue weighted by Gasteiger charge is -2.12. The molecule has 0 aliphatic carbocycles. The highest BCUT2D eigenvalue weighted by Gasteiger charge is 2.23. The molecule has 3 aromatic heterocycles. The molecule has 3 heterocycles. The van der Waals surface area contributed by atoms with Gasteiger partial charge in [-0.1, -0.05) is 200 Å². The van der Waals surface area contributed by atoms with Crippen LogP contribution in [0.5, 0.6) is 0 Å². The summed E-state index contributed by atoms with van der Waals surface area (Å²) >= 11 is 0. The SMILES string of the molecule is c1ccc(-c2ccc(-c3nc(-c4ccc(-c5ccccc5)cc4)nc(-c4cccc5oc6ccc7c8ccccc8n(-c8ccc(-c9cccc(-c%10ccccc%10)c9)cc8)c7c6c45)n3)cc2)cc1. The average Bonchev–Trinajstić information content (AvgIpc) is 3.98.